The largest absolute Gasteiger partial charge is 0.493 e. The van der Waals surface area contributed by atoms with Gasteiger partial charge in [0.05, 0.1) is 6.61 Å². The number of ether oxygens (including phenoxy) is 1. The first-order chi connectivity index (χ1) is 6.40. The van der Waals surface area contributed by atoms with Gasteiger partial charge in [0.1, 0.15) is 5.75 Å². The molecule has 0 atom stereocenters. The van der Waals surface area contributed by atoms with E-state index in [-0.39, 0.29) is 0 Å². The fourth-order valence-corrected chi connectivity index (χ4v) is 1.64. The molecule has 0 bridgehead atoms. The van der Waals surface area contributed by atoms with Gasteiger partial charge in [0.2, 0.25) is 0 Å². The van der Waals surface area contributed by atoms with E-state index >= 15 is 0 Å². The van der Waals surface area contributed by atoms with Crippen LogP contribution in [0, 0.1) is 0 Å². The van der Waals surface area contributed by atoms with Crippen molar-refractivity contribution in [2.75, 3.05) is 6.61 Å². The Balaban J connectivity index is 2.16. The molecular weight excluding hydrogens is 160 g/mol. The van der Waals surface area contributed by atoms with Gasteiger partial charge in [0.25, 0.3) is 0 Å². The summed E-state index contributed by atoms with van der Waals surface area (Å²) in [6.45, 7) is 4.56. The number of benzene rings is 1. The van der Waals surface area contributed by atoms with E-state index < -0.39 is 0 Å². The minimum atomic E-state index is 0.847. The van der Waals surface area contributed by atoms with Crippen LogP contribution in [0.2, 0.25) is 0 Å². The van der Waals surface area contributed by atoms with Crippen molar-refractivity contribution >= 4 is 0 Å². The Labute approximate surface area is 79.0 Å². The van der Waals surface area contributed by atoms with Crippen molar-refractivity contribution in [3.05, 3.63) is 42.0 Å². The Bertz CT molecular complexity index is 315. The topological polar surface area (TPSA) is 9.23 Å². The zero-order valence-electron chi connectivity index (χ0n) is 7.75. The lowest BCUT2D eigenvalue weighted by atomic mass is 10.1. The molecule has 0 fully saturated rings. The summed E-state index contributed by atoms with van der Waals surface area (Å²) in [5, 5.41) is 0. The van der Waals surface area contributed by atoms with Gasteiger partial charge in [0.15, 0.2) is 0 Å². The van der Waals surface area contributed by atoms with Crippen LogP contribution in [-0.2, 0) is 12.8 Å². The predicted molar refractivity (Wildman–Crippen MR) is 54.2 cm³/mol. The average Bonchev–Trinajstić information content (AvgIpc) is 2.61. The number of aryl methyl sites for hydroxylation is 1. The van der Waals surface area contributed by atoms with E-state index in [0.717, 1.165) is 31.6 Å². The smallest absolute Gasteiger partial charge is 0.122 e. The Morgan fingerprint density at radius 3 is 3.23 bits per heavy atom. The van der Waals surface area contributed by atoms with Crippen LogP contribution >= 0.6 is 0 Å². The number of rotatable bonds is 3. The highest BCUT2D eigenvalue weighted by Crippen LogP contribution is 2.26. The lowest BCUT2D eigenvalue weighted by molar-refractivity contribution is 0.356. The number of hydrogen-bond acceptors (Lipinski definition) is 1. The van der Waals surface area contributed by atoms with E-state index in [1.54, 1.807) is 0 Å². The van der Waals surface area contributed by atoms with Gasteiger partial charge in [-0.25, -0.2) is 0 Å². The summed E-state index contributed by atoms with van der Waals surface area (Å²) < 4.78 is 5.49. The average molecular weight is 174 g/mol. The monoisotopic (exact) mass is 174 g/mol. The molecule has 0 amide bonds. The summed E-state index contributed by atoms with van der Waals surface area (Å²) in [5.74, 6) is 1.08. The van der Waals surface area contributed by atoms with Crippen molar-refractivity contribution in [2.45, 2.75) is 19.3 Å². The second kappa shape index (κ2) is 3.65. The van der Waals surface area contributed by atoms with Crippen molar-refractivity contribution in [3.63, 3.8) is 0 Å². The van der Waals surface area contributed by atoms with Crippen LogP contribution in [0.5, 0.6) is 5.75 Å². The molecule has 0 saturated carbocycles. The quantitative estimate of drug-likeness (QED) is 0.640. The third-order valence-electron chi connectivity index (χ3n) is 2.40. The molecule has 1 heteroatoms. The second-order valence-electron chi connectivity index (χ2n) is 3.37. The standard InChI is InChI=1S/C12H14O/c1-2-3-4-10-5-6-11-7-8-13-12(11)9-10/h2,5-6,9H,1,3-4,7-8H2. The van der Waals surface area contributed by atoms with Crippen LogP contribution in [0.3, 0.4) is 0 Å². The molecule has 0 spiro atoms. The van der Waals surface area contributed by atoms with Crippen molar-refractivity contribution in [1.29, 1.82) is 0 Å². The highest BCUT2D eigenvalue weighted by Gasteiger charge is 2.11. The minimum absolute atomic E-state index is 0.847. The summed E-state index contributed by atoms with van der Waals surface area (Å²) in [7, 11) is 0. The molecule has 0 aliphatic carbocycles. The van der Waals surface area contributed by atoms with Gasteiger partial charge in [-0.05, 0) is 30.0 Å². The molecular formula is C12H14O. The Kier molecular flexibility index (Phi) is 2.35. The molecule has 1 aromatic rings. The number of hydrogen-bond donors (Lipinski definition) is 0. The van der Waals surface area contributed by atoms with Crippen LogP contribution in [0.15, 0.2) is 30.9 Å². The molecule has 1 aliphatic heterocycles. The van der Waals surface area contributed by atoms with Gasteiger partial charge in [-0.1, -0.05) is 18.2 Å². The second-order valence-corrected chi connectivity index (χ2v) is 3.37. The predicted octanol–water partition coefficient (Wildman–Crippen LogP) is 2.74. The van der Waals surface area contributed by atoms with E-state index in [9.17, 15) is 0 Å². The third kappa shape index (κ3) is 1.74. The Hall–Kier alpha value is -1.24. The Morgan fingerprint density at radius 2 is 2.38 bits per heavy atom. The van der Waals surface area contributed by atoms with Gasteiger partial charge in [-0.3, -0.25) is 0 Å². The Morgan fingerprint density at radius 1 is 1.46 bits per heavy atom. The molecule has 1 nitrogen and oxygen atoms in total. The molecule has 0 radical (unpaired) electrons. The van der Waals surface area contributed by atoms with E-state index in [1.165, 1.54) is 11.1 Å². The fraction of sp³-hybridized carbons (Fsp3) is 0.333. The first-order valence-corrected chi connectivity index (χ1v) is 4.75. The van der Waals surface area contributed by atoms with Gasteiger partial charge in [-0.15, -0.1) is 6.58 Å². The molecule has 1 heterocycles. The highest BCUT2D eigenvalue weighted by molar-refractivity contribution is 5.40. The van der Waals surface area contributed by atoms with Gasteiger partial charge in [-0.2, -0.15) is 0 Å². The van der Waals surface area contributed by atoms with Crippen LogP contribution < -0.4 is 4.74 Å². The van der Waals surface area contributed by atoms with Crippen molar-refractivity contribution < 1.29 is 4.74 Å². The summed E-state index contributed by atoms with van der Waals surface area (Å²) >= 11 is 0. The number of fused-ring (bicyclic) bond motifs is 1. The molecule has 0 saturated heterocycles. The minimum Gasteiger partial charge on any atom is -0.493 e. The third-order valence-corrected chi connectivity index (χ3v) is 2.40. The lowest BCUT2D eigenvalue weighted by Crippen LogP contribution is -1.87. The first-order valence-electron chi connectivity index (χ1n) is 4.75. The molecule has 0 N–H and O–H groups in total. The van der Waals surface area contributed by atoms with Gasteiger partial charge in [0, 0.05) is 6.42 Å². The summed E-state index contributed by atoms with van der Waals surface area (Å²) in [6, 6.07) is 6.53. The van der Waals surface area contributed by atoms with E-state index in [2.05, 4.69) is 24.8 Å². The highest BCUT2D eigenvalue weighted by atomic mass is 16.5. The van der Waals surface area contributed by atoms with Crippen LogP contribution in [0.4, 0.5) is 0 Å². The van der Waals surface area contributed by atoms with Crippen LogP contribution in [-0.4, -0.2) is 6.61 Å². The SMILES string of the molecule is C=CCCc1ccc2c(c1)OCC2. The van der Waals surface area contributed by atoms with Crippen LogP contribution in [0.25, 0.3) is 0 Å². The molecule has 1 aliphatic rings. The number of allylic oxidation sites excluding steroid dienone is 1. The first kappa shape index (κ1) is 8.36. The fourth-order valence-electron chi connectivity index (χ4n) is 1.64. The van der Waals surface area contributed by atoms with Crippen molar-refractivity contribution in [3.8, 4) is 5.75 Å². The molecule has 2 rings (SSSR count). The molecule has 68 valence electrons. The summed E-state index contributed by atoms with van der Waals surface area (Å²) in [5.41, 5.74) is 2.70. The molecule has 0 aromatic heterocycles. The van der Waals surface area contributed by atoms with Gasteiger partial charge < -0.3 is 4.74 Å². The summed E-state index contributed by atoms with van der Waals surface area (Å²) in [4.78, 5) is 0. The lowest BCUT2D eigenvalue weighted by Gasteiger charge is -2.02. The summed E-state index contributed by atoms with van der Waals surface area (Å²) in [6.07, 6.45) is 5.13. The van der Waals surface area contributed by atoms with E-state index in [0.29, 0.717) is 0 Å². The van der Waals surface area contributed by atoms with E-state index in [4.69, 9.17) is 4.74 Å². The van der Waals surface area contributed by atoms with Gasteiger partial charge >= 0.3 is 0 Å². The molecule has 13 heavy (non-hydrogen) atoms. The van der Waals surface area contributed by atoms with Crippen molar-refractivity contribution in [1.82, 2.24) is 0 Å². The van der Waals surface area contributed by atoms with Crippen LogP contribution in [0.1, 0.15) is 17.5 Å². The maximum atomic E-state index is 5.49. The zero-order chi connectivity index (χ0) is 9.10. The molecule has 0 unspecified atom stereocenters. The maximum Gasteiger partial charge on any atom is 0.122 e. The zero-order valence-corrected chi connectivity index (χ0v) is 7.75. The normalized spacial score (nSPS) is 13.5. The molecule has 1 aromatic carbocycles. The maximum absolute atomic E-state index is 5.49. The van der Waals surface area contributed by atoms with E-state index in [1.807, 2.05) is 6.08 Å². The van der Waals surface area contributed by atoms with Crippen molar-refractivity contribution in [2.24, 2.45) is 0 Å².